The number of fused-ring (bicyclic) bond motifs is 2. The van der Waals surface area contributed by atoms with E-state index in [0.717, 1.165) is 22.7 Å². The average Bonchev–Trinajstić information content (AvgIpc) is 3.25. The maximum atomic E-state index is 12.7. The zero-order chi connectivity index (χ0) is 15.1. The van der Waals surface area contributed by atoms with Crippen molar-refractivity contribution in [2.75, 3.05) is 7.05 Å². The van der Waals surface area contributed by atoms with Crippen LogP contribution in [0.25, 0.3) is 9.88 Å². The average molecular weight is 406 g/mol. The molecule has 24 heavy (non-hydrogen) atoms. The van der Waals surface area contributed by atoms with Gasteiger partial charge in [0.1, 0.15) is 10.7 Å². The fourth-order valence-electron chi connectivity index (χ4n) is 3.58. The number of hydrogen-bond donors (Lipinski definition) is 1. The molecule has 2 saturated heterocycles. The van der Waals surface area contributed by atoms with Gasteiger partial charge in [-0.15, -0.1) is 47.5 Å². The molecule has 1 N–H and O–H groups in total. The smallest absolute Gasteiger partial charge is 0.273 e. The Morgan fingerprint density at radius 1 is 1.25 bits per heavy atom. The van der Waals surface area contributed by atoms with Crippen molar-refractivity contribution in [3.63, 3.8) is 0 Å². The van der Waals surface area contributed by atoms with E-state index in [1.54, 1.807) is 22.7 Å². The highest BCUT2D eigenvalue weighted by molar-refractivity contribution is 7.20. The van der Waals surface area contributed by atoms with Crippen molar-refractivity contribution in [2.24, 2.45) is 0 Å². The van der Waals surface area contributed by atoms with Crippen LogP contribution in [0.3, 0.4) is 0 Å². The minimum atomic E-state index is 0. The molecule has 0 saturated carbocycles. The third-order valence-corrected chi connectivity index (χ3v) is 6.65. The number of carbonyl (C=O) groups is 1. The second-order valence-corrected chi connectivity index (χ2v) is 8.00. The summed E-state index contributed by atoms with van der Waals surface area (Å²) in [5.41, 5.74) is 0.585. The highest BCUT2D eigenvalue weighted by atomic mass is 35.5. The number of carbonyl (C=O) groups excluding carboxylic acids is 1. The van der Waals surface area contributed by atoms with Crippen molar-refractivity contribution in [1.29, 1.82) is 0 Å². The van der Waals surface area contributed by atoms with Gasteiger partial charge in [0.25, 0.3) is 5.91 Å². The molecule has 4 nitrogen and oxygen atoms in total. The summed E-state index contributed by atoms with van der Waals surface area (Å²) < 4.78 is 0. The number of piperidine rings is 1. The normalized spacial score (nSPS) is 24.8. The molecule has 4 rings (SSSR count). The van der Waals surface area contributed by atoms with Gasteiger partial charge >= 0.3 is 0 Å². The lowest BCUT2D eigenvalue weighted by Crippen LogP contribution is -2.48. The van der Waals surface area contributed by atoms with E-state index in [2.05, 4.69) is 10.3 Å². The first-order chi connectivity index (χ1) is 10.7. The standard InChI is InChI=1S/C16H19N3OS2.2ClH/c1-19(12-7-10-4-5-11(8-12)17-10)16(20)13-9-22-15(18-13)14-3-2-6-21-14;;/h2-3,6,9-12,17H,4-5,7-8H2,1H3;2*1H. The number of aromatic nitrogens is 1. The quantitative estimate of drug-likeness (QED) is 0.836. The number of hydrogen-bond acceptors (Lipinski definition) is 5. The van der Waals surface area contributed by atoms with E-state index in [-0.39, 0.29) is 30.7 Å². The van der Waals surface area contributed by atoms with Crippen molar-refractivity contribution < 1.29 is 4.79 Å². The van der Waals surface area contributed by atoms with Gasteiger partial charge in [0.2, 0.25) is 0 Å². The van der Waals surface area contributed by atoms with Crippen LogP contribution in [-0.2, 0) is 0 Å². The van der Waals surface area contributed by atoms with Crippen LogP contribution >= 0.6 is 47.5 Å². The number of halogens is 2. The van der Waals surface area contributed by atoms with Gasteiger partial charge in [-0.25, -0.2) is 4.98 Å². The first kappa shape index (κ1) is 19.7. The summed E-state index contributed by atoms with van der Waals surface area (Å²) in [6.45, 7) is 0. The molecule has 132 valence electrons. The van der Waals surface area contributed by atoms with Crippen LogP contribution in [-0.4, -0.2) is 41.0 Å². The van der Waals surface area contributed by atoms with Gasteiger partial charge in [0.15, 0.2) is 0 Å². The number of rotatable bonds is 3. The molecule has 2 aromatic heterocycles. The largest absolute Gasteiger partial charge is 0.337 e. The van der Waals surface area contributed by atoms with Gasteiger partial charge in [0, 0.05) is 30.6 Å². The Hall–Kier alpha value is -0.660. The first-order valence-corrected chi connectivity index (χ1v) is 9.49. The lowest BCUT2D eigenvalue weighted by Gasteiger charge is -2.35. The molecule has 2 aliphatic heterocycles. The molecule has 0 aromatic carbocycles. The predicted octanol–water partition coefficient (Wildman–Crippen LogP) is 4.07. The molecule has 2 aliphatic rings. The van der Waals surface area contributed by atoms with E-state index < -0.39 is 0 Å². The molecule has 2 aromatic rings. The Morgan fingerprint density at radius 3 is 2.58 bits per heavy atom. The molecule has 0 radical (unpaired) electrons. The fourth-order valence-corrected chi connectivity index (χ4v) is 5.18. The molecule has 2 atom stereocenters. The molecule has 0 spiro atoms. The van der Waals surface area contributed by atoms with Crippen LogP contribution in [0.4, 0.5) is 0 Å². The van der Waals surface area contributed by atoms with Crippen LogP contribution in [0.5, 0.6) is 0 Å². The van der Waals surface area contributed by atoms with Gasteiger partial charge in [-0.05, 0) is 37.1 Å². The summed E-state index contributed by atoms with van der Waals surface area (Å²) in [7, 11) is 1.93. The SMILES string of the molecule is CN(C(=O)c1csc(-c2cccs2)n1)C1CC2CCC(C1)N2.Cl.Cl. The van der Waals surface area contributed by atoms with Crippen LogP contribution in [0.1, 0.15) is 36.2 Å². The number of thiophene rings is 1. The number of nitrogens with one attached hydrogen (secondary N) is 1. The van der Waals surface area contributed by atoms with Crippen molar-refractivity contribution in [3.8, 4) is 9.88 Å². The summed E-state index contributed by atoms with van der Waals surface area (Å²) >= 11 is 3.21. The predicted molar refractivity (Wildman–Crippen MR) is 105 cm³/mol. The minimum Gasteiger partial charge on any atom is -0.337 e. The molecule has 2 fully saturated rings. The van der Waals surface area contributed by atoms with Gasteiger partial charge in [-0.3, -0.25) is 4.79 Å². The Morgan fingerprint density at radius 2 is 1.96 bits per heavy atom. The summed E-state index contributed by atoms with van der Waals surface area (Å²) in [5.74, 6) is 0.0605. The third-order valence-electron chi connectivity index (χ3n) is 4.77. The number of amides is 1. The minimum absolute atomic E-state index is 0. The van der Waals surface area contributed by atoms with E-state index in [0.29, 0.717) is 23.8 Å². The Bertz CT molecular complexity index is 665. The van der Waals surface area contributed by atoms with Crippen LogP contribution in [0.15, 0.2) is 22.9 Å². The van der Waals surface area contributed by atoms with Gasteiger partial charge in [-0.2, -0.15) is 0 Å². The van der Waals surface area contributed by atoms with Gasteiger partial charge in [0.05, 0.1) is 4.88 Å². The highest BCUT2D eigenvalue weighted by Crippen LogP contribution is 2.31. The molecule has 1 amide bonds. The number of thiazole rings is 1. The highest BCUT2D eigenvalue weighted by Gasteiger charge is 2.36. The van der Waals surface area contributed by atoms with Crippen molar-refractivity contribution in [1.82, 2.24) is 15.2 Å². The van der Waals surface area contributed by atoms with E-state index in [9.17, 15) is 4.79 Å². The summed E-state index contributed by atoms with van der Waals surface area (Å²) in [4.78, 5) is 20.3. The molecular formula is C16H21Cl2N3OS2. The molecule has 4 heterocycles. The Kier molecular flexibility index (Phi) is 6.67. The van der Waals surface area contributed by atoms with Crippen molar-refractivity contribution in [2.45, 2.75) is 43.8 Å². The van der Waals surface area contributed by atoms with E-state index in [1.165, 1.54) is 12.8 Å². The molecule has 2 bridgehead atoms. The molecule has 0 aliphatic carbocycles. The summed E-state index contributed by atoms with van der Waals surface area (Å²) in [5, 5.41) is 8.50. The topological polar surface area (TPSA) is 45.2 Å². The molecule has 2 unspecified atom stereocenters. The second-order valence-electron chi connectivity index (χ2n) is 6.19. The number of nitrogens with zero attached hydrogens (tertiary/aromatic N) is 2. The Labute approximate surface area is 162 Å². The van der Waals surface area contributed by atoms with Crippen LogP contribution in [0, 0.1) is 0 Å². The maximum absolute atomic E-state index is 12.7. The molecule has 8 heteroatoms. The fraction of sp³-hybridized carbons (Fsp3) is 0.500. The summed E-state index contributed by atoms with van der Waals surface area (Å²) in [6, 6.07) is 5.59. The zero-order valence-corrected chi connectivity index (χ0v) is 16.6. The lowest BCUT2D eigenvalue weighted by molar-refractivity contribution is 0.0676. The van der Waals surface area contributed by atoms with Gasteiger partial charge < -0.3 is 10.2 Å². The van der Waals surface area contributed by atoms with Crippen molar-refractivity contribution >= 4 is 53.4 Å². The molecular weight excluding hydrogens is 385 g/mol. The van der Waals surface area contributed by atoms with Crippen LogP contribution < -0.4 is 5.32 Å². The van der Waals surface area contributed by atoms with Crippen molar-refractivity contribution in [3.05, 3.63) is 28.6 Å². The zero-order valence-electron chi connectivity index (χ0n) is 13.3. The lowest BCUT2D eigenvalue weighted by atomic mass is 9.98. The maximum Gasteiger partial charge on any atom is 0.273 e. The first-order valence-electron chi connectivity index (χ1n) is 7.73. The van der Waals surface area contributed by atoms with Gasteiger partial charge in [-0.1, -0.05) is 6.07 Å². The second kappa shape index (κ2) is 8.15. The Balaban J connectivity index is 0.00000104. The van der Waals surface area contributed by atoms with E-state index >= 15 is 0 Å². The van der Waals surface area contributed by atoms with E-state index in [4.69, 9.17) is 0 Å². The third kappa shape index (κ3) is 3.78. The monoisotopic (exact) mass is 405 g/mol. The summed E-state index contributed by atoms with van der Waals surface area (Å²) in [6.07, 6.45) is 4.65. The van der Waals surface area contributed by atoms with Crippen LogP contribution in [0.2, 0.25) is 0 Å². The van der Waals surface area contributed by atoms with E-state index in [1.807, 2.05) is 34.8 Å².